The average molecular weight is 509 g/mol. The summed E-state index contributed by atoms with van der Waals surface area (Å²) in [5, 5.41) is 9.44. The van der Waals surface area contributed by atoms with Crippen LogP contribution in [0, 0.1) is 13.8 Å². The predicted octanol–water partition coefficient (Wildman–Crippen LogP) is 4.07. The molecule has 9 nitrogen and oxygen atoms in total. The molecule has 3 aromatic carbocycles. The second-order valence-corrected chi connectivity index (χ2v) is 8.22. The van der Waals surface area contributed by atoms with Gasteiger partial charge in [0.25, 0.3) is 5.91 Å². The zero-order valence-corrected chi connectivity index (χ0v) is 20.7. The summed E-state index contributed by atoms with van der Waals surface area (Å²) >= 11 is 5.86. The number of benzene rings is 3. The van der Waals surface area contributed by atoms with E-state index in [2.05, 4.69) is 21.2 Å². The molecule has 0 radical (unpaired) electrons. The lowest BCUT2D eigenvalue weighted by Gasteiger charge is -2.12. The summed E-state index contributed by atoms with van der Waals surface area (Å²) in [6, 6.07) is 17.0. The number of nitrogens with one attached hydrogen (secondary N) is 3. The van der Waals surface area contributed by atoms with Crippen LogP contribution in [0.2, 0.25) is 5.02 Å². The van der Waals surface area contributed by atoms with Crippen molar-refractivity contribution in [3.8, 4) is 11.5 Å². The molecule has 0 fully saturated rings. The molecule has 36 heavy (non-hydrogen) atoms. The van der Waals surface area contributed by atoms with Crippen molar-refractivity contribution in [3.63, 3.8) is 0 Å². The Hall–Kier alpha value is -4.37. The van der Waals surface area contributed by atoms with Gasteiger partial charge in [0, 0.05) is 16.4 Å². The summed E-state index contributed by atoms with van der Waals surface area (Å²) in [6.45, 7) is 3.70. The van der Waals surface area contributed by atoms with Crippen molar-refractivity contribution in [1.29, 1.82) is 0 Å². The lowest BCUT2D eigenvalue weighted by Crippen LogP contribution is -2.32. The molecule has 0 aliphatic rings. The number of ether oxygens (including phenoxy) is 2. The molecular formula is C26H25ClN4O5. The van der Waals surface area contributed by atoms with Gasteiger partial charge in [-0.3, -0.25) is 14.4 Å². The van der Waals surface area contributed by atoms with Crippen LogP contribution in [0.4, 0.5) is 11.4 Å². The van der Waals surface area contributed by atoms with Gasteiger partial charge in [0.1, 0.15) is 0 Å². The summed E-state index contributed by atoms with van der Waals surface area (Å²) in [4.78, 5) is 36.2. The molecule has 3 aromatic rings. The molecule has 186 valence electrons. The zero-order valence-electron chi connectivity index (χ0n) is 19.9. The van der Waals surface area contributed by atoms with Gasteiger partial charge in [-0.15, -0.1) is 0 Å². The fourth-order valence-corrected chi connectivity index (χ4v) is 3.43. The summed E-state index contributed by atoms with van der Waals surface area (Å²) in [5.41, 5.74) is 5.88. The first-order valence-electron chi connectivity index (χ1n) is 10.8. The molecule has 3 N–H and O–H groups in total. The Morgan fingerprint density at radius 1 is 0.889 bits per heavy atom. The molecule has 3 amide bonds. The fraction of sp³-hybridized carbons (Fsp3) is 0.154. The van der Waals surface area contributed by atoms with Gasteiger partial charge in [-0.25, -0.2) is 5.43 Å². The van der Waals surface area contributed by atoms with E-state index in [0.717, 1.165) is 11.1 Å². The van der Waals surface area contributed by atoms with E-state index in [1.165, 1.54) is 19.4 Å². The van der Waals surface area contributed by atoms with Crippen LogP contribution in [0.25, 0.3) is 0 Å². The molecule has 0 unspecified atom stereocenters. The normalized spacial score (nSPS) is 10.6. The van der Waals surface area contributed by atoms with Gasteiger partial charge < -0.3 is 20.1 Å². The fourth-order valence-electron chi connectivity index (χ4n) is 3.24. The van der Waals surface area contributed by atoms with Gasteiger partial charge in [-0.2, -0.15) is 5.10 Å². The second-order valence-electron chi connectivity index (χ2n) is 7.79. The smallest absolute Gasteiger partial charge is 0.329 e. The first kappa shape index (κ1) is 26.2. The van der Waals surface area contributed by atoms with E-state index in [4.69, 9.17) is 21.1 Å². The number of halogens is 1. The molecule has 0 heterocycles. The Balaban J connectivity index is 1.53. The maximum atomic E-state index is 12.3. The number of nitrogens with zero attached hydrogens (tertiary/aromatic N) is 1. The third-order valence-electron chi connectivity index (χ3n) is 4.72. The van der Waals surface area contributed by atoms with Crippen molar-refractivity contribution in [3.05, 3.63) is 82.4 Å². The predicted molar refractivity (Wildman–Crippen MR) is 139 cm³/mol. The molecule has 0 aromatic heterocycles. The number of hydrogen-bond acceptors (Lipinski definition) is 6. The highest BCUT2D eigenvalue weighted by Crippen LogP contribution is 2.27. The van der Waals surface area contributed by atoms with Gasteiger partial charge in [-0.05, 0) is 79.1 Å². The molecule has 10 heteroatoms. The van der Waals surface area contributed by atoms with Crippen molar-refractivity contribution in [2.45, 2.75) is 13.8 Å². The Bertz CT molecular complexity index is 1290. The summed E-state index contributed by atoms with van der Waals surface area (Å²) < 4.78 is 10.9. The molecule has 0 aliphatic carbocycles. The van der Waals surface area contributed by atoms with Crippen molar-refractivity contribution in [1.82, 2.24) is 5.43 Å². The number of rotatable bonds is 8. The minimum atomic E-state index is -0.951. The summed E-state index contributed by atoms with van der Waals surface area (Å²) in [7, 11) is 1.46. The van der Waals surface area contributed by atoms with Crippen molar-refractivity contribution < 1.29 is 23.9 Å². The van der Waals surface area contributed by atoms with Crippen LogP contribution in [-0.4, -0.2) is 37.7 Å². The molecule has 0 spiro atoms. The van der Waals surface area contributed by atoms with Gasteiger partial charge >= 0.3 is 11.8 Å². The first-order valence-corrected chi connectivity index (χ1v) is 11.2. The summed E-state index contributed by atoms with van der Waals surface area (Å²) in [5.74, 6) is -1.44. The van der Waals surface area contributed by atoms with Crippen LogP contribution < -0.4 is 25.5 Å². The molecular weight excluding hydrogens is 484 g/mol. The van der Waals surface area contributed by atoms with Crippen LogP contribution in [0.1, 0.15) is 16.7 Å². The number of anilines is 2. The van der Waals surface area contributed by atoms with Crippen LogP contribution in [0.3, 0.4) is 0 Å². The average Bonchev–Trinajstić information content (AvgIpc) is 2.82. The number of hydrogen-bond donors (Lipinski definition) is 3. The Morgan fingerprint density at radius 3 is 2.33 bits per heavy atom. The molecule has 3 rings (SSSR count). The van der Waals surface area contributed by atoms with E-state index in [9.17, 15) is 14.4 Å². The van der Waals surface area contributed by atoms with Crippen molar-refractivity contribution in [2.24, 2.45) is 5.10 Å². The molecule has 0 aliphatic heterocycles. The van der Waals surface area contributed by atoms with E-state index in [1.807, 2.05) is 32.0 Å². The van der Waals surface area contributed by atoms with Crippen LogP contribution in [-0.2, 0) is 14.4 Å². The Morgan fingerprint density at radius 2 is 1.64 bits per heavy atom. The van der Waals surface area contributed by atoms with Gasteiger partial charge in [0.2, 0.25) is 0 Å². The molecule has 0 saturated heterocycles. The number of carbonyl (C=O) groups is 3. The highest BCUT2D eigenvalue weighted by atomic mass is 35.5. The van der Waals surface area contributed by atoms with E-state index >= 15 is 0 Å². The standard InChI is InChI=1S/C26H25ClN4O5/c1-16-9-17(2)11-21(10-16)29-24(32)15-36-22-8-7-18(12-23(22)35-3)14-28-31-26(34)25(33)30-20-6-4-5-19(27)13-20/h4-14H,15H2,1-3H3,(H,29,32)(H,30,33)(H,31,34)/b28-14-. The highest BCUT2D eigenvalue weighted by Gasteiger charge is 2.13. The highest BCUT2D eigenvalue weighted by molar-refractivity contribution is 6.39. The quantitative estimate of drug-likeness (QED) is 0.241. The van der Waals surface area contributed by atoms with Crippen LogP contribution in [0.15, 0.2) is 65.8 Å². The zero-order chi connectivity index (χ0) is 26.1. The number of amides is 3. The largest absolute Gasteiger partial charge is 0.493 e. The minimum absolute atomic E-state index is 0.214. The molecule has 0 bridgehead atoms. The third kappa shape index (κ3) is 7.85. The van der Waals surface area contributed by atoms with Crippen molar-refractivity contribution >= 4 is 46.9 Å². The lowest BCUT2D eigenvalue weighted by atomic mass is 10.1. The summed E-state index contributed by atoms with van der Waals surface area (Å²) in [6.07, 6.45) is 1.34. The van der Waals surface area contributed by atoms with Crippen LogP contribution >= 0.6 is 11.6 Å². The SMILES string of the molecule is COc1cc(/C=N\NC(=O)C(=O)Nc2cccc(Cl)c2)ccc1OCC(=O)Nc1cc(C)cc(C)c1. The molecule has 0 atom stereocenters. The Kier molecular flexibility index (Phi) is 9.01. The first-order chi connectivity index (χ1) is 17.2. The van der Waals surface area contributed by atoms with Gasteiger partial charge in [-0.1, -0.05) is 23.7 Å². The number of hydrazone groups is 1. The van der Waals surface area contributed by atoms with E-state index in [1.54, 1.807) is 36.4 Å². The Labute approximate surface area is 213 Å². The molecule has 0 saturated carbocycles. The number of aryl methyl sites for hydroxylation is 2. The topological polar surface area (TPSA) is 118 Å². The van der Waals surface area contributed by atoms with Crippen molar-refractivity contribution in [2.75, 3.05) is 24.4 Å². The second kappa shape index (κ2) is 12.4. The van der Waals surface area contributed by atoms with Gasteiger partial charge in [0.15, 0.2) is 18.1 Å². The minimum Gasteiger partial charge on any atom is -0.493 e. The monoisotopic (exact) mass is 508 g/mol. The third-order valence-corrected chi connectivity index (χ3v) is 4.96. The van der Waals surface area contributed by atoms with E-state index in [0.29, 0.717) is 33.5 Å². The maximum absolute atomic E-state index is 12.3. The van der Waals surface area contributed by atoms with Crippen LogP contribution in [0.5, 0.6) is 11.5 Å². The van der Waals surface area contributed by atoms with E-state index in [-0.39, 0.29) is 12.5 Å². The number of carbonyl (C=O) groups excluding carboxylic acids is 3. The van der Waals surface area contributed by atoms with E-state index < -0.39 is 11.8 Å². The maximum Gasteiger partial charge on any atom is 0.329 e. The number of methoxy groups -OCH3 is 1. The van der Waals surface area contributed by atoms with Gasteiger partial charge in [0.05, 0.1) is 13.3 Å². The lowest BCUT2D eigenvalue weighted by molar-refractivity contribution is -0.136.